The molecular weight excluding hydrogens is 287 g/mol. The average molecular weight is 299 g/mol. The molecule has 1 saturated heterocycles. The fourth-order valence-corrected chi connectivity index (χ4v) is 2.51. The summed E-state index contributed by atoms with van der Waals surface area (Å²) in [5, 5.41) is 17.8. The van der Waals surface area contributed by atoms with Gasteiger partial charge in [-0.1, -0.05) is 5.21 Å². The normalized spacial score (nSPS) is 17.7. The molecule has 2 aromatic rings. The number of rotatable bonds is 2. The molecule has 3 heterocycles. The molecule has 0 spiro atoms. The smallest absolute Gasteiger partial charge is 0.380 e. The maximum Gasteiger partial charge on any atom is 0.419 e. The minimum Gasteiger partial charge on any atom is -0.380 e. The van der Waals surface area contributed by atoms with Crippen molar-refractivity contribution in [3.05, 3.63) is 35.9 Å². The summed E-state index contributed by atoms with van der Waals surface area (Å²) in [5.74, 6) is 0. The van der Waals surface area contributed by atoms with Crippen molar-refractivity contribution < 1.29 is 18.3 Å². The van der Waals surface area contributed by atoms with Gasteiger partial charge in [-0.2, -0.15) is 13.2 Å². The van der Waals surface area contributed by atoms with Gasteiger partial charge in [-0.3, -0.25) is 4.98 Å². The zero-order valence-corrected chi connectivity index (χ0v) is 11.0. The van der Waals surface area contributed by atoms with Gasteiger partial charge in [0.2, 0.25) is 0 Å². The lowest BCUT2D eigenvalue weighted by Crippen LogP contribution is -2.60. The largest absolute Gasteiger partial charge is 0.419 e. The number of β-amino-alcohol motifs (C(OH)–C–C–N with tert-alkyl or cyclic N) is 1. The van der Waals surface area contributed by atoms with Crippen LogP contribution in [-0.4, -0.2) is 38.2 Å². The van der Waals surface area contributed by atoms with Gasteiger partial charge in [-0.05, 0) is 6.07 Å². The van der Waals surface area contributed by atoms with Crippen LogP contribution in [0.15, 0.2) is 24.7 Å². The molecule has 1 N–H and O–H groups in total. The highest BCUT2D eigenvalue weighted by molar-refractivity contribution is 5.57. The van der Waals surface area contributed by atoms with E-state index in [9.17, 15) is 18.3 Å². The highest BCUT2D eigenvalue weighted by Gasteiger charge is 2.47. The predicted molar refractivity (Wildman–Crippen MR) is 66.4 cm³/mol. The van der Waals surface area contributed by atoms with Crippen molar-refractivity contribution in [2.75, 3.05) is 18.0 Å². The molecule has 0 radical (unpaired) electrons. The second kappa shape index (κ2) is 4.42. The van der Waals surface area contributed by atoms with Gasteiger partial charge >= 0.3 is 6.18 Å². The first-order valence-electron chi connectivity index (χ1n) is 6.15. The molecule has 0 aromatic carbocycles. The van der Waals surface area contributed by atoms with Gasteiger partial charge in [-0.25, -0.2) is 4.68 Å². The quantitative estimate of drug-likeness (QED) is 0.894. The standard InChI is InChI=1S/C12H12F3N5O/c1-19-10(5-17-18-19)11(21)6-20(7-11)9-2-3-16-4-8(9)12(13,14)15/h2-5,21H,6-7H2,1H3. The number of aliphatic hydroxyl groups is 1. The molecule has 6 nitrogen and oxygen atoms in total. The number of halogens is 3. The average Bonchev–Trinajstić information content (AvgIpc) is 2.81. The predicted octanol–water partition coefficient (Wildman–Crippen LogP) is 0.937. The van der Waals surface area contributed by atoms with Crippen LogP contribution in [0.2, 0.25) is 0 Å². The Bertz CT molecular complexity index is 663. The minimum absolute atomic E-state index is 0.0114. The summed E-state index contributed by atoms with van der Waals surface area (Å²) in [6.07, 6.45) is -0.980. The molecular formula is C12H12F3N5O. The van der Waals surface area contributed by atoms with E-state index in [1.807, 2.05) is 0 Å². The minimum atomic E-state index is -4.48. The van der Waals surface area contributed by atoms with Crippen LogP contribution < -0.4 is 4.90 Å². The Hall–Kier alpha value is -2.16. The molecule has 112 valence electrons. The van der Waals surface area contributed by atoms with Gasteiger partial charge in [0.15, 0.2) is 0 Å². The van der Waals surface area contributed by atoms with Gasteiger partial charge in [0, 0.05) is 19.4 Å². The zero-order chi connectivity index (χ0) is 15.3. The SMILES string of the molecule is Cn1nncc1C1(O)CN(c2ccncc2C(F)(F)F)C1. The van der Waals surface area contributed by atoms with E-state index in [1.54, 1.807) is 7.05 Å². The van der Waals surface area contributed by atoms with E-state index in [0.717, 1.165) is 6.20 Å². The van der Waals surface area contributed by atoms with E-state index < -0.39 is 17.3 Å². The van der Waals surface area contributed by atoms with Crippen LogP contribution in [-0.2, 0) is 18.8 Å². The van der Waals surface area contributed by atoms with Crippen molar-refractivity contribution in [1.29, 1.82) is 0 Å². The van der Waals surface area contributed by atoms with Gasteiger partial charge < -0.3 is 10.0 Å². The first kappa shape index (κ1) is 13.8. The molecule has 0 bridgehead atoms. The van der Waals surface area contributed by atoms with Crippen LogP contribution in [0.1, 0.15) is 11.3 Å². The van der Waals surface area contributed by atoms with Crippen LogP contribution >= 0.6 is 0 Å². The number of aromatic nitrogens is 4. The number of pyridine rings is 1. The number of hydrogen-bond acceptors (Lipinski definition) is 5. The fourth-order valence-electron chi connectivity index (χ4n) is 2.51. The van der Waals surface area contributed by atoms with E-state index in [-0.39, 0.29) is 18.8 Å². The van der Waals surface area contributed by atoms with Crippen LogP contribution in [0.3, 0.4) is 0 Å². The van der Waals surface area contributed by atoms with Crippen LogP contribution in [0.4, 0.5) is 18.9 Å². The topological polar surface area (TPSA) is 67.1 Å². The number of alkyl halides is 3. The summed E-state index contributed by atoms with van der Waals surface area (Å²) >= 11 is 0. The third-order valence-electron chi connectivity index (χ3n) is 3.54. The second-order valence-electron chi connectivity index (χ2n) is 5.02. The Morgan fingerprint density at radius 2 is 2.00 bits per heavy atom. The molecule has 0 amide bonds. The van der Waals surface area contributed by atoms with Gasteiger partial charge in [0.1, 0.15) is 5.60 Å². The first-order valence-corrected chi connectivity index (χ1v) is 6.15. The number of aryl methyl sites for hydroxylation is 1. The summed E-state index contributed by atoms with van der Waals surface area (Å²) in [4.78, 5) is 4.98. The second-order valence-corrected chi connectivity index (χ2v) is 5.02. The summed E-state index contributed by atoms with van der Waals surface area (Å²) < 4.78 is 40.2. The van der Waals surface area contributed by atoms with E-state index in [4.69, 9.17) is 0 Å². The van der Waals surface area contributed by atoms with Gasteiger partial charge in [0.25, 0.3) is 0 Å². The van der Waals surface area contributed by atoms with Gasteiger partial charge in [0.05, 0.1) is 36.2 Å². The Balaban J connectivity index is 1.86. The molecule has 21 heavy (non-hydrogen) atoms. The Kier molecular flexibility index (Phi) is 2.90. The van der Waals surface area contributed by atoms with Crippen molar-refractivity contribution >= 4 is 5.69 Å². The summed E-state index contributed by atoms with van der Waals surface area (Å²) in [6, 6.07) is 1.30. The highest BCUT2D eigenvalue weighted by atomic mass is 19.4. The lowest BCUT2D eigenvalue weighted by atomic mass is 9.89. The van der Waals surface area contributed by atoms with Crippen molar-refractivity contribution in [2.24, 2.45) is 7.05 Å². The molecule has 0 unspecified atom stereocenters. The molecule has 1 aliphatic heterocycles. The van der Waals surface area contributed by atoms with E-state index in [2.05, 4.69) is 15.3 Å². The van der Waals surface area contributed by atoms with E-state index >= 15 is 0 Å². The molecule has 0 saturated carbocycles. The van der Waals surface area contributed by atoms with E-state index in [0.29, 0.717) is 5.69 Å². The van der Waals surface area contributed by atoms with E-state index in [1.165, 1.54) is 28.0 Å². The summed E-state index contributed by atoms with van der Waals surface area (Å²) in [6.45, 7) is 0.0859. The third kappa shape index (κ3) is 2.23. The zero-order valence-electron chi connectivity index (χ0n) is 11.0. The summed E-state index contributed by atoms with van der Waals surface area (Å²) in [5.41, 5.74) is -1.57. The van der Waals surface area contributed by atoms with Crippen molar-refractivity contribution in [3.63, 3.8) is 0 Å². The Morgan fingerprint density at radius 3 is 2.57 bits per heavy atom. The number of hydrogen-bond donors (Lipinski definition) is 1. The first-order chi connectivity index (χ1) is 9.81. The van der Waals surface area contributed by atoms with Crippen LogP contribution in [0.5, 0.6) is 0 Å². The summed E-state index contributed by atoms with van der Waals surface area (Å²) in [7, 11) is 1.62. The Morgan fingerprint density at radius 1 is 1.29 bits per heavy atom. The molecule has 9 heteroatoms. The Labute approximate surface area is 117 Å². The fraction of sp³-hybridized carbons (Fsp3) is 0.417. The maximum atomic E-state index is 12.9. The van der Waals surface area contributed by atoms with Crippen molar-refractivity contribution in [3.8, 4) is 0 Å². The third-order valence-corrected chi connectivity index (χ3v) is 3.54. The van der Waals surface area contributed by atoms with Gasteiger partial charge in [-0.15, -0.1) is 5.10 Å². The van der Waals surface area contributed by atoms with Crippen molar-refractivity contribution in [1.82, 2.24) is 20.0 Å². The molecule has 1 aliphatic rings. The maximum absolute atomic E-state index is 12.9. The number of anilines is 1. The molecule has 3 rings (SSSR count). The molecule has 0 aliphatic carbocycles. The van der Waals surface area contributed by atoms with Crippen molar-refractivity contribution in [2.45, 2.75) is 11.8 Å². The lowest BCUT2D eigenvalue weighted by molar-refractivity contribution is -0.137. The van der Waals surface area contributed by atoms with Crippen LogP contribution in [0.25, 0.3) is 0 Å². The molecule has 2 aromatic heterocycles. The monoisotopic (exact) mass is 299 g/mol. The highest BCUT2D eigenvalue weighted by Crippen LogP contribution is 2.41. The van der Waals surface area contributed by atoms with Crippen LogP contribution in [0, 0.1) is 0 Å². The molecule has 1 fully saturated rings. The number of nitrogens with zero attached hydrogens (tertiary/aromatic N) is 5. The lowest BCUT2D eigenvalue weighted by Gasteiger charge is -2.47. The molecule has 0 atom stereocenters.